The maximum Gasteiger partial charge on any atom is 0.0645 e. The Morgan fingerprint density at radius 3 is 1.08 bits per heavy atom. The van der Waals surface area contributed by atoms with Gasteiger partial charge in [-0.15, -0.1) is 0 Å². The average molecular weight is 756 g/mol. The normalized spacial score (nSPS) is 12.0. The van der Waals surface area contributed by atoms with Gasteiger partial charge in [-0.3, -0.25) is 0 Å². The molecule has 59 heavy (non-hydrogen) atoms. The fraction of sp³-hybridized carbons (Fsp3) is 0. The van der Waals surface area contributed by atoms with Gasteiger partial charge in [0.15, 0.2) is 0 Å². The molecule has 0 bridgehead atoms. The van der Waals surface area contributed by atoms with Crippen LogP contribution in [0.3, 0.4) is 0 Å². The van der Waals surface area contributed by atoms with Crippen LogP contribution >= 0.6 is 0 Å². The molecule has 0 aliphatic rings. The van der Waals surface area contributed by atoms with E-state index in [1.807, 2.05) is 114 Å². The Hall–Kier alpha value is -7.74. The molecule has 0 atom stereocenters. The summed E-state index contributed by atoms with van der Waals surface area (Å²) in [5, 5.41) is 2.27. The van der Waals surface area contributed by atoms with Crippen LogP contribution in [0.2, 0.25) is 0 Å². The third kappa shape index (κ3) is 7.58. The lowest BCUT2D eigenvalue weighted by atomic mass is 9.97. The molecule has 0 aliphatic heterocycles. The van der Waals surface area contributed by atoms with Gasteiger partial charge < -0.3 is 4.90 Å². The molecule has 1 nitrogen and oxygen atoms in total. The van der Waals surface area contributed by atoms with E-state index < -0.39 is 0 Å². The second kappa shape index (κ2) is 16.0. The van der Waals surface area contributed by atoms with E-state index in [2.05, 4.69) is 115 Å². The van der Waals surface area contributed by atoms with Crippen molar-refractivity contribution in [2.24, 2.45) is 0 Å². The molecular weight excluding hydrogens is 711 g/mol. The molecule has 0 fully saturated rings. The fourth-order valence-electron chi connectivity index (χ4n) is 7.79. The highest BCUT2D eigenvalue weighted by Crippen LogP contribution is 2.39. The second-order valence-corrected chi connectivity index (χ2v) is 14.7. The number of nitrogens with zero attached hydrogens (tertiary/aromatic N) is 1. The summed E-state index contributed by atoms with van der Waals surface area (Å²) in [6.45, 7) is 0. The largest absolute Gasteiger partial charge is 0.311 e. The smallest absolute Gasteiger partial charge is 0.0645 e. The SMILES string of the molecule is [2H]c1c([2H])c(N(c2ccc(-c3ccc(-c4ccccc4)cc3)cc2)c2ccc(-c3cccc(-c4ccccc4)c3)cc2)c([2H])c([2H])c1-c1cccc(-c2ccc3ccccc3c2)c1. The zero-order valence-corrected chi connectivity index (χ0v) is 32.3. The van der Waals surface area contributed by atoms with E-state index in [1.165, 1.54) is 0 Å². The molecule has 0 heterocycles. The van der Waals surface area contributed by atoms with Crippen LogP contribution in [0.15, 0.2) is 249 Å². The van der Waals surface area contributed by atoms with E-state index in [9.17, 15) is 5.48 Å². The van der Waals surface area contributed by atoms with E-state index in [0.29, 0.717) is 16.9 Å². The molecular formula is C58H41N. The van der Waals surface area contributed by atoms with E-state index in [-0.39, 0.29) is 35.4 Å². The standard InChI is InChI=1S/C58H41N/c1-3-11-42(12-4-1)45-21-23-46(24-22-45)47-27-33-56(34-28-47)59(57-35-29-48(30-36-57)52-18-9-17-51(39-52)43-13-5-2-6-14-43)58-37-31-49(32-38-58)53-19-10-20-54(40-53)55-26-25-44-15-7-8-16-50(44)41-55/h1-41H/i31D,32D,37D,38D. The Bertz CT molecular complexity index is 3210. The first-order chi connectivity index (χ1) is 30.9. The van der Waals surface area contributed by atoms with Gasteiger partial charge in [-0.25, -0.2) is 0 Å². The zero-order valence-electron chi connectivity index (χ0n) is 36.3. The van der Waals surface area contributed by atoms with Gasteiger partial charge in [-0.2, -0.15) is 0 Å². The Morgan fingerprint density at radius 2 is 0.559 bits per heavy atom. The molecule has 10 aromatic rings. The molecule has 0 radical (unpaired) electrons. The van der Waals surface area contributed by atoms with Crippen LogP contribution in [0.4, 0.5) is 17.1 Å². The zero-order chi connectivity index (χ0) is 42.9. The molecule has 10 aromatic carbocycles. The molecule has 0 spiro atoms. The van der Waals surface area contributed by atoms with Crippen molar-refractivity contribution in [1.29, 1.82) is 0 Å². The minimum atomic E-state index is -0.123. The highest BCUT2D eigenvalue weighted by Gasteiger charge is 2.15. The lowest BCUT2D eigenvalue weighted by Gasteiger charge is -2.26. The predicted molar refractivity (Wildman–Crippen MR) is 251 cm³/mol. The molecule has 0 saturated carbocycles. The number of hydrogen-bond donors (Lipinski definition) is 0. The topological polar surface area (TPSA) is 3.24 Å². The van der Waals surface area contributed by atoms with Crippen molar-refractivity contribution >= 4 is 27.8 Å². The molecule has 0 aromatic heterocycles. The number of hydrogen-bond acceptors (Lipinski definition) is 1. The molecule has 1 heteroatoms. The van der Waals surface area contributed by atoms with Gasteiger partial charge in [0.25, 0.3) is 0 Å². The van der Waals surface area contributed by atoms with Gasteiger partial charge >= 0.3 is 0 Å². The third-order valence-corrected chi connectivity index (χ3v) is 10.9. The lowest BCUT2D eigenvalue weighted by Crippen LogP contribution is -2.09. The van der Waals surface area contributed by atoms with Gasteiger partial charge in [0, 0.05) is 17.1 Å². The van der Waals surface area contributed by atoms with Crippen molar-refractivity contribution in [2.45, 2.75) is 0 Å². The monoisotopic (exact) mass is 755 g/mol. The number of rotatable bonds is 9. The van der Waals surface area contributed by atoms with Gasteiger partial charge in [-0.1, -0.05) is 194 Å². The molecule has 0 unspecified atom stereocenters. The summed E-state index contributed by atoms with van der Waals surface area (Å²) in [4.78, 5) is 1.85. The predicted octanol–water partition coefficient (Wildman–Crippen LogP) is 16.3. The van der Waals surface area contributed by atoms with E-state index >= 15 is 0 Å². The summed E-state index contributed by atoms with van der Waals surface area (Å²) >= 11 is 0. The quantitative estimate of drug-likeness (QED) is 0.142. The van der Waals surface area contributed by atoms with Crippen molar-refractivity contribution in [3.8, 4) is 66.8 Å². The summed E-state index contributed by atoms with van der Waals surface area (Å²) < 4.78 is 38.1. The van der Waals surface area contributed by atoms with Crippen molar-refractivity contribution in [1.82, 2.24) is 0 Å². The van der Waals surface area contributed by atoms with Crippen LogP contribution < -0.4 is 4.90 Å². The van der Waals surface area contributed by atoms with Crippen molar-refractivity contribution in [3.05, 3.63) is 249 Å². The number of fused-ring (bicyclic) bond motifs is 1. The fourth-order valence-corrected chi connectivity index (χ4v) is 7.79. The summed E-state index contributed by atoms with van der Waals surface area (Å²) in [7, 11) is 0. The maximum atomic E-state index is 9.58. The van der Waals surface area contributed by atoms with Crippen LogP contribution in [0.1, 0.15) is 5.48 Å². The molecule has 10 rings (SSSR count). The molecule has 0 N–H and O–H groups in total. The molecule has 0 saturated heterocycles. The van der Waals surface area contributed by atoms with Crippen LogP contribution in [0.5, 0.6) is 0 Å². The molecule has 278 valence electrons. The highest BCUT2D eigenvalue weighted by atomic mass is 15.1. The van der Waals surface area contributed by atoms with Crippen molar-refractivity contribution < 1.29 is 5.48 Å². The minimum Gasteiger partial charge on any atom is -0.311 e. The van der Waals surface area contributed by atoms with Crippen molar-refractivity contribution in [2.75, 3.05) is 4.90 Å². The third-order valence-electron chi connectivity index (χ3n) is 10.9. The molecule has 0 aliphatic carbocycles. The van der Waals surface area contributed by atoms with E-state index in [1.54, 1.807) is 0 Å². The summed E-state index contributed by atoms with van der Waals surface area (Å²) in [5.74, 6) is 0. The van der Waals surface area contributed by atoms with Crippen molar-refractivity contribution in [3.63, 3.8) is 0 Å². The Kier molecular flexibility index (Phi) is 8.51. The number of anilines is 3. The summed E-state index contributed by atoms with van der Waals surface area (Å²) in [6, 6.07) is 75.6. The highest BCUT2D eigenvalue weighted by molar-refractivity contribution is 5.88. The summed E-state index contributed by atoms with van der Waals surface area (Å²) in [5.41, 5.74) is 13.2. The molecule has 0 amide bonds. The number of benzene rings is 10. The van der Waals surface area contributed by atoms with Crippen LogP contribution in [0.25, 0.3) is 77.5 Å². The first-order valence-electron chi connectivity index (χ1n) is 21.9. The van der Waals surface area contributed by atoms with Gasteiger partial charge in [0.2, 0.25) is 0 Å². The van der Waals surface area contributed by atoms with E-state index in [4.69, 9.17) is 0 Å². The Labute approximate surface area is 352 Å². The van der Waals surface area contributed by atoms with E-state index in [0.717, 1.165) is 66.4 Å². The Morgan fingerprint density at radius 1 is 0.220 bits per heavy atom. The van der Waals surface area contributed by atoms with Gasteiger partial charge in [-0.05, 0) is 132 Å². The van der Waals surface area contributed by atoms with Crippen LogP contribution in [-0.2, 0) is 0 Å². The van der Waals surface area contributed by atoms with Crippen LogP contribution in [0, 0.1) is 0 Å². The first kappa shape index (κ1) is 31.4. The minimum absolute atomic E-state index is 0.101. The first-order valence-corrected chi connectivity index (χ1v) is 19.9. The lowest BCUT2D eigenvalue weighted by molar-refractivity contribution is 1.28. The average Bonchev–Trinajstić information content (AvgIpc) is 3.35. The Balaban J connectivity index is 1.05. The van der Waals surface area contributed by atoms with Crippen LogP contribution in [-0.4, -0.2) is 0 Å². The summed E-state index contributed by atoms with van der Waals surface area (Å²) in [6.07, 6.45) is 0. The maximum absolute atomic E-state index is 9.58. The van der Waals surface area contributed by atoms with Gasteiger partial charge in [0.05, 0.1) is 5.48 Å². The van der Waals surface area contributed by atoms with Gasteiger partial charge in [0.1, 0.15) is 0 Å². The second-order valence-electron chi connectivity index (χ2n) is 14.7.